The Hall–Kier alpha value is -1.92. The topological polar surface area (TPSA) is 79.5 Å². The molecule has 1 aromatic carbocycles. The fourth-order valence-corrected chi connectivity index (χ4v) is 3.71. The third-order valence-electron chi connectivity index (χ3n) is 5.06. The molecular formula is C19H27N3O3. The molecule has 3 N–H and O–H groups in total. The van der Waals surface area contributed by atoms with Crippen molar-refractivity contribution < 1.29 is 14.3 Å². The summed E-state index contributed by atoms with van der Waals surface area (Å²) in [5.74, 6) is -1.26. The number of amides is 2. The van der Waals surface area contributed by atoms with E-state index in [1.54, 1.807) is 6.07 Å². The number of anilines is 1. The van der Waals surface area contributed by atoms with Crippen LogP contribution in [0.5, 0.6) is 0 Å². The van der Waals surface area contributed by atoms with Crippen LogP contribution in [0.3, 0.4) is 0 Å². The highest BCUT2D eigenvalue weighted by atomic mass is 16.5. The molecule has 2 amide bonds. The van der Waals surface area contributed by atoms with E-state index in [2.05, 4.69) is 16.0 Å². The molecule has 25 heavy (non-hydrogen) atoms. The Kier molecular flexibility index (Phi) is 5.71. The van der Waals surface area contributed by atoms with E-state index >= 15 is 0 Å². The molecule has 6 heteroatoms. The number of aryl methyl sites for hydroxylation is 1. The zero-order valence-corrected chi connectivity index (χ0v) is 14.8. The molecule has 1 atom stereocenters. The van der Waals surface area contributed by atoms with Crippen LogP contribution < -0.4 is 16.0 Å². The highest BCUT2D eigenvalue weighted by molar-refractivity contribution is 6.39. The second kappa shape index (κ2) is 7.97. The van der Waals surface area contributed by atoms with Crippen molar-refractivity contribution in [2.24, 2.45) is 0 Å². The maximum absolute atomic E-state index is 12.1. The summed E-state index contributed by atoms with van der Waals surface area (Å²) >= 11 is 0. The molecule has 0 radical (unpaired) electrons. The van der Waals surface area contributed by atoms with E-state index in [0.717, 1.165) is 50.8 Å². The van der Waals surface area contributed by atoms with Gasteiger partial charge in [0.05, 0.1) is 11.7 Å². The molecule has 0 aromatic heterocycles. The minimum absolute atomic E-state index is 0.0115. The normalized spacial score (nSPS) is 22.4. The zero-order valence-electron chi connectivity index (χ0n) is 14.8. The van der Waals surface area contributed by atoms with Gasteiger partial charge in [-0.2, -0.15) is 0 Å². The standard InChI is InChI=1S/C19H27N3O3/c1-14-4-2-5-15(12-14)22-18(24)17(23)21-13-16-6-3-7-19(25-16)8-10-20-11-9-19/h2,4-5,12,16,20H,3,6-11,13H2,1H3,(H,21,23)(H,22,24). The summed E-state index contributed by atoms with van der Waals surface area (Å²) in [5, 5.41) is 8.71. The molecule has 1 unspecified atom stereocenters. The van der Waals surface area contributed by atoms with E-state index in [4.69, 9.17) is 4.74 Å². The Morgan fingerprint density at radius 2 is 2.04 bits per heavy atom. The van der Waals surface area contributed by atoms with E-state index in [1.807, 2.05) is 25.1 Å². The van der Waals surface area contributed by atoms with Crippen LogP contribution in [-0.2, 0) is 14.3 Å². The molecule has 2 fully saturated rings. The predicted octanol–water partition coefficient (Wildman–Crippen LogP) is 1.74. The van der Waals surface area contributed by atoms with Gasteiger partial charge in [0, 0.05) is 12.2 Å². The monoisotopic (exact) mass is 345 g/mol. The second-order valence-corrected chi connectivity index (χ2v) is 7.10. The Labute approximate surface area is 148 Å². The smallest absolute Gasteiger partial charge is 0.313 e. The summed E-state index contributed by atoms with van der Waals surface area (Å²) in [5.41, 5.74) is 1.62. The van der Waals surface area contributed by atoms with E-state index in [-0.39, 0.29) is 11.7 Å². The number of carbonyl (C=O) groups is 2. The number of benzene rings is 1. The Balaban J connectivity index is 1.47. The van der Waals surface area contributed by atoms with Crippen molar-refractivity contribution in [1.82, 2.24) is 10.6 Å². The van der Waals surface area contributed by atoms with Gasteiger partial charge < -0.3 is 20.7 Å². The molecule has 0 bridgehead atoms. The summed E-state index contributed by atoms with van der Waals surface area (Å²) in [7, 11) is 0. The number of carbonyl (C=O) groups excluding carboxylic acids is 2. The maximum atomic E-state index is 12.1. The molecule has 2 saturated heterocycles. The second-order valence-electron chi connectivity index (χ2n) is 7.10. The van der Waals surface area contributed by atoms with Crippen LogP contribution in [0.2, 0.25) is 0 Å². The van der Waals surface area contributed by atoms with Crippen molar-refractivity contribution >= 4 is 17.5 Å². The number of hydrogen-bond donors (Lipinski definition) is 3. The molecule has 0 aliphatic carbocycles. The summed E-state index contributed by atoms with van der Waals surface area (Å²) < 4.78 is 6.29. The van der Waals surface area contributed by atoms with Gasteiger partial charge in [-0.1, -0.05) is 12.1 Å². The summed E-state index contributed by atoms with van der Waals surface area (Å²) in [6.07, 6.45) is 5.15. The molecule has 2 heterocycles. The van der Waals surface area contributed by atoms with E-state index in [0.29, 0.717) is 12.2 Å². The van der Waals surface area contributed by atoms with Gasteiger partial charge >= 0.3 is 11.8 Å². The van der Waals surface area contributed by atoms with Crippen LogP contribution in [0.15, 0.2) is 24.3 Å². The summed E-state index contributed by atoms with van der Waals surface area (Å²) in [4.78, 5) is 24.1. The first-order chi connectivity index (χ1) is 12.1. The molecule has 2 aliphatic rings. The Morgan fingerprint density at radius 1 is 1.24 bits per heavy atom. The average molecular weight is 345 g/mol. The fraction of sp³-hybridized carbons (Fsp3) is 0.579. The van der Waals surface area contributed by atoms with Crippen LogP contribution in [0.1, 0.15) is 37.7 Å². The van der Waals surface area contributed by atoms with E-state index in [1.165, 1.54) is 0 Å². The highest BCUT2D eigenvalue weighted by Gasteiger charge is 2.38. The van der Waals surface area contributed by atoms with Crippen LogP contribution in [-0.4, -0.2) is 43.2 Å². The fourth-order valence-electron chi connectivity index (χ4n) is 3.71. The zero-order chi connectivity index (χ0) is 17.7. The van der Waals surface area contributed by atoms with Crippen molar-refractivity contribution in [1.29, 1.82) is 0 Å². The largest absolute Gasteiger partial charge is 0.370 e. The maximum Gasteiger partial charge on any atom is 0.313 e. The highest BCUT2D eigenvalue weighted by Crippen LogP contribution is 2.35. The molecule has 0 saturated carbocycles. The van der Waals surface area contributed by atoms with Crippen molar-refractivity contribution in [3.8, 4) is 0 Å². The lowest BCUT2D eigenvalue weighted by atomic mass is 9.84. The SMILES string of the molecule is Cc1cccc(NC(=O)C(=O)NCC2CCCC3(CCNCC3)O2)c1. The Bertz CT molecular complexity index is 621. The average Bonchev–Trinajstić information content (AvgIpc) is 2.60. The quantitative estimate of drug-likeness (QED) is 0.729. The van der Waals surface area contributed by atoms with E-state index in [9.17, 15) is 9.59 Å². The van der Waals surface area contributed by atoms with Gasteiger partial charge in [-0.15, -0.1) is 0 Å². The Morgan fingerprint density at radius 3 is 2.80 bits per heavy atom. The number of hydrogen-bond acceptors (Lipinski definition) is 4. The number of piperidine rings is 1. The van der Waals surface area contributed by atoms with Crippen molar-refractivity contribution in [3.63, 3.8) is 0 Å². The minimum Gasteiger partial charge on any atom is -0.370 e. The van der Waals surface area contributed by atoms with Crippen molar-refractivity contribution in [3.05, 3.63) is 29.8 Å². The molecule has 3 rings (SSSR count). The van der Waals surface area contributed by atoms with Gasteiger partial charge in [-0.05, 0) is 69.8 Å². The van der Waals surface area contributed by atoms with Crippen LogP contribution >= 0.6 is 0 Å². The van der Waals surface area contributed by atoms with Gasteiger partial charge in [0.1, 0.15) is 0 Å². The number of ether oxygens (including phenoxy) is 1. The van der Waals surface area contributed by atoms with Gasteiger partial charge in [0.15, 0.2) is 0 Å². The van der Waals surface area contributed by atoms with Crippen LogP contribution in [0.25, 0.3) is 0 Å². The first-order valence-corrected chi connectivity index (χ1v) is 9.11. The van der Waals surface area contributed by atoms with Gasteiger partial charge in [-0.3, -0.25) is 9.59 Å². The predicted molar refractivity (Wildman–Crippen MR) is 96.4 cm³/mol. The number of nitrogens with one attached hydrogen (secondary N) is 3. The summed E-state index contributed by atoms with van der Waals surface area (Å²) in [6.45, 7) is 4.29. The van der Waals surface area contributed by atoms with Gasteiger partial charge in [-0.25, -0.2) is 0 Å². The van der Waals surface area contributed by atoms with Crippen molar-refractivity contribution in [2.45, 2.75) is 50.7 Å². The minimum atomic E-state index is -0.641. The molecule has 1 spiro atoms. The molecule has 1 aromatic rings. The van der Waals surface area contributed by atoms with Crippen molar-refractivity contribution in [2.75, 3.05) is 25.0 Å². The third-order valence-corrected chi connectivity index (χ3v) is 5.06. The number of rotatable bonds is 3. The lowest BCUT2D eigenvalue weighted by Gasteiger charge is -2.44. The van der Waals surface area contributed by atoms with Crippen LogP contribution in [0, 0.1) is 6.92 Å². The van der Waals surface area contributed by atoms with E-state index < -0.39 is 11.8 Å². The molecule has 6 nitrogen and oxygen atoms in total. The third kappa shape index (κ3) is 4.80. The molecule has 136 valence electrons. The first-order valence-electron chi connectivity index (χ1n) is 9.11. The summed E-state index contributed by atoms with van der Waals surface area (Å²) in [6, 6.07) is 7.38. The first kappa shape index (κ1) is 17.9. The van der Waals surface area contributed by atoms with Crippen LogP contribution in [0.4, 0.5) is 5.69 Å². The molecule has 2 aliphatic heterocycles. The van der Waals surface area contributed by atoms with Gasteiger partial charge in [0.2, 0.25) is 0 Å². The lowest BCUT2D eigenvalue weighted by molar-refractivity contribution is -0.146. The van der Waals surface area contributed by atoms with Gasteiger partial charge in [0.25, 0.3) is 0 Å². The molecular weight excluding hydrogens is 318 g/mol. The lowest BCUT2D eigenvalue weighted by Crippen LogP contribution is -2.51.